The van der Waals surface area contributed by atoms with Crippen LogP contribution in [0, 0.1) is 0 Å². The topological polar surface area (TPSA) is 24.7 Å². The molecule has 0 aliphatic rings. The number of hydrogen-bond donors (Lipinski definition) is 0. The predicted octanol–water partition coefficient (Wildman–Crippen LogP) is 1.81. The predicted molar refractivity (Wildman–Crippen MR) is 42.0 cm³/mol. The fraction of sp³-hybridized carbons (Fsp3) is 0.143. The molecule has 0 N–H and O–H groups in total. The summed E-state index contributed by atoms with van der Waals surface area (Å²) in [5.74, 6) is 0. The van der Waals surface area contributed by atoms with Gasteiger partial charge in [-0.05, 0) is 12.5 Å². The summed E-state index contributed by atoms with van der Waals surface area (Å²) < 4.78 is 0. The third-order valence-electron chi connectivity index (χ3n) is 0.534. The summed E-state index contributed by atoms with van der Waals surface area (Å²) in [6.45, 7) is 8.87. The SMILES string of the molecule is C=C/N=C\N=C/C(=C)C. The van der Waals surface area contributed by atoms with Gasteiger partial charge < -0.3 is 0 Å². The van der Waals surface area contributed by atoms with E-state index in [1.807, 2.05) is 6.92 Å². The summed E-state index contributed by atoms with van der Waals surface area (Å²) in [6, 6.07) is 0. The lowest BCUT2D eigenvalue weighted by molar-refractivity contribution is 1.56. The van der Waals surface area contributed by atoms with Gasteiger partial charge >= 0.3 is 0 Å². The molecule has 0 aliphatic heterocycles. The maximum absolute atomic E-state index is 3.77. The van der Waals surface area contributed by atoms with Gasteiger partial charge in [-0.3, -0.25) is 0 Å². The first kappa shape index (κ1) is 7.82. The Kier molecular flexibility index (Phi) is 4.32. The van der Waals surface area contributed by atoms with Crippen LogP contribution in [-0.2, 0) is 0 Å². The van der Waals surface area contributed by atoms with Crippen LogP contribution in [0.4, 0.5) is 0 Å². The minimum atomic E-state index is 0.908. The second-order valence-electron chi connectivity index (χ2n) is 1.57. The molecule has 0 heterocycles. The van der Waals surface area contributed by atoms with Crippen molar-refractivity contribution >= 4 is 12.6 Å². The third-order valence-corrected chi connectivity index (χ3v) is 0.534. The van der Waals surface area contributed by atoms with E-state index >= 15 is 0 Å². The molecule has 0 bridgehead atoms. The van der Waals surface area contributed by atoms with Gasteiger partial charge in [0, 0.05) is 12.4 Å². The molecule has 0 aromatic rings. The van der Waals surface area contributed by atoms with Crippen LogP contribution in [0.15, 0.2) is 34.9 Å². The standard InChI is InChI=1S/C7H10N2/c1-4-8-6-9-5-7(2)3/h4-6H,1-2H2,3H3/b8-6-,9-5-. The normalized spacial score (nSPS) is 10.8. The molecule has 9 heavy (non-hydrogen) atoms. The van der Waals surface area contributed by atoms with Crippen LogP contribution in [0.3, 0.4) is 0 Å². The van der Waals surface area contributed by atoms with Crippen molar-refractivity contribution in [3.05, 3.63) is 24.9 Å². The molecule has 2 nitrogen and oxygen atoms in total. The summed E-state index contributed by atoms with van der Waals surface area (Å²) in [6.07, 6.45) is 4.48. The van der Waals surface area contributed by atoms with E-state index in [1.54, 1.807) is 6.21 Å². The molecule has 0 amide bonds. The molecule has 0 atom stereocenters. The van der Waals surface area contributed by atoms with Crippen molar-refractivity contribution in [3.8, 4) is 0 Å². The Morgan fingerprint density at radius 2 is 2.11 bits per heavy atom. The molecule has 0 unspecified atom stereocenters. The first-order chi connectivity index (χ1) is 4.27. The monoisotopic (exact) mass is 122 g/mol. The molecule has 0 saturated carbocycles. The molecule has 0 fully saturated rings. The number of aliphatic imine (C=N–C) groups is 2. The number of hydrogen-bond acceptors (Lipinski definition) is 1. The highest BCUT2D eigenvalue weighted by molar-refractivity contribution is 5.83. The Bertz CT molecular complexity index is 154. The van der Waals surface area contributed by atoms with Crippen LogP contribution in [0.1, 0.15) is 6.92 Å². The molecule has 0 radical (unpaired) electrons. The summed E-state index contributed by atoms with van der Waals surface area (Å²) >= 11 is 0. The first-order valence-corrected chi connectivity index (χ1v) is 2.58. The van der Waals surface area contributed by atoms with E-state index in [2.05, 4.69) is 23.1 Å². The zero-order chi connectivity index (χ0) is 7.11. The lowest BCUT2D eigenvalue weighted by atomic mass is 10.4. The van der Waals surface area contributed by atoms with Crippen LogP contribution in [-0.4, -0.2) is 12.6 Å². The van der Waals surface area contributed by atoms with E-state index in [4.69, 9.17) is 0 Å². The highest BCUT2D eigenvalue weighted by atomic mass is 14.8. The van der Waals surface area contributed by atoms with Gasteiger partial charge in [-0.25, -0.2) is 9.98 Å². The van der Waals surface area contributed by atoms with Gasteiger partial charge in [-0.15, -0.1) is 0 Å². The number of nitrogens with zero attached hydrogens (tertiary/aromatic N) is 2. The zero-order valence-electron chi connectivity index (χ0n) is 5.54. The number of allylic oxidation sites excluding steroid dienone is 1. The fourth-order valence-electron chi connectivity index (χ4n) is 0.246. The quantitative estimate of drug-likeness (QED) is 0.403. The Morgan fingerprint density at radius 1 is 1.44 bits per heavy atom. The lowest BCUT2D eigenvalue weighted by Crippen LogP contribution is -1.72. The Balaban J connectivity index is 3.59. The van der Waals surface area contributed by atoms with Crippen molar-refractivity contribution < 1.29 is 0 Å². The molecule has 2 heteroatoms. The van der Waals surface area contributed by atoms with Crippen molar-refractivity contribution in [1.29, 1.82) is 0 Å². The van der Waals surface area contributed by atoms with Gasteiger partial charge in [0.15, 0.2) is 0 Å². The van der Waals surface area contributed by atoms with Crippen LogP contribution in [0.25, 0.3) is 0 Å². The average molecular weight is 122 g/mol. The Morgan fingerprint density at radius 3 is 2.56 bits per heavy atom. The van der Waals surface area contributed by atoms with E-state index in [-0.39, 0.29) is 0 Å². The van der Waals surface area contributed by atoms with Crippen molar-refractivity contribution in [3.63, 3.8) is 0 Å². The van der Waals surface area contributed by atoms with E-state index in [0.717, 1.165) is 5.57 Å². The Labute approximate surface area is 55.3 Å². The van der Waals surface area contributed by atoms with Gasteiger partial charge in [0.25, 0.3) is 0 Å². The zero-order valence-corrected chi connectivity index (χ0v) is 5.54. The third kappa shape index (κ3) is 6.82. The van der Waals surface area contributed by atoms with Crippen molar-refractivity contribution in [2.45, 2.75) is 6.92 Å². The average Bonchev–Trinajstić information content (AvgIpc) is 1.80. The van der Waals surface area contributed by atoms with Crippen molar-refractivity contribution in [2.24, 2.45) is 9.98 Å². The molecule has 0 spiro atoms. The van der Waals surface area contributed by atoms with Gasteiger partial charge in [0.2, 0.25) is 0 Å². The van der Waals surface area contributed by atoms with Gasteiger partial charge in [-0.1, -0.05) is 13.2 Å². The van der Waals surface area contributed by atoms with Crippen LogP contribution < -0.4 is 0 Å². The highest BCUT2D eigenvalue weighted by Gasteiger charge is 1.68. The molecular weight excluding hydrogens is 112 g/mol. The molecule has 0 aliphatic carbocycles. The molecule has 0 aromatic heterocycles. The molecule has 0 saturated heterocycles. The van der Waals surface area contributed by atoms with Gasteiger partial charge in [0.1, 0.15) is 6.34 Å². The van der Waals surface area contributed by atoms with Crippen LogP contribution in [0.2, 0.25) is 0 Å². The largest absolute Gasteiger partial charge is 0.246 e. The first-order valence-electron chi connectivity index (χ1n) is 2.58. The lowest BCUT2D eigenvalue weighted by Gasteiger charge is -1.78. The van der Waals surface area contributed by atoms with E-state index in [1.165, 1.54) is 12.5 Å². The number of rotatable bonds is 3. The minimum Gasteiger partial charge on any atom is -0.246 e. The smallest absolute Gasteiger partial charge is 0.115 e. The van der Waals surface area contributed by atoms with Gasteiger partial charge in [-0.2, -0.15) is 0 Å². The Hall–Kier alpha value is -1.18. The highest BCUT2D eigenvalue weighted by Crippen LogP contribution is 1.77. The summed E-state index contributed by atoms with van der Waals surface area (Å²) in [5, 5.41) is 0. The summed E-state index contributed by atoms with van der Waals surface area (Å²) in [4.78, 5) is 7.42. The van der Waals surface area contributed by atoms with Gasteiger partial charge in [0.05, 0.1) is 0 Å². The van der Waals surface area contributed by atoms with Crippen molar-refractivity contribution in [1.82, 2.24) is 0 Å². The van der Waals surface area contributed by atoms with E-state index in [9.17, 15) is 0 Å². The second-order valence-corrected chi connectivity index (χ2v) is 1.57. The second kappa shape index (κ2) is 4.97. The fourth-order valence-corrected chi connectivity index (χ4v) is 0.246. The van der Waals surface area contributed by atoms with Crippen molar-refractivity contribution in [2.75, 3.05) is 0 Å². The summed E-state index contributed by atoms with van der Waals surface area (Å²) in [5.41, 5.74) is 0.908. The maximum Gasteiger partial charge on any atom is 0.115 e. The van der Waals surface area contributed by atoms with E-state index in [0.29, 0.717) is 0 Å². The summed E-state index contributed by atoms with van der Waals surface area (Å²) in [7, 11) is 0. The molecule has 0 aromatic carbocycles. The molecule has 0 rings (SSSR count). The minimum absolute atomic E-state index is 0.908. The molecular formula is C7H10N2. The van der Waals surface area contributed by atoms with E-state index < -0.39 is 0 Å². The maximum atomic E-state index is 3.77. The van der Waals surface area contributed by atoms with Crippen LogP contribution in [0.5, 0.6) is 0 Å². The molecule has 48 valence electrons. The van der Waals surface area contributed by atoms with Crippen LogP contribution >= 0.6 is 0 Å².